The number of fused-ring (bicyclic) bond motifs is 1. The first kappa shape index (κ1) is 29.8. The fraction of sp³-hybridized carbons (Fsp3) is 0.517. The van der Waals surface area contributed by atoms with Crippen LogP contribution in [0.4, 0.5) is 14.6 Å². The van der Waals surface area contributed by atoms with Gasteiger partial charge in [-0.2, -0.15) is 5.10 Å². The van der Waals surface area contributed by atoms with E-state index in [1.165, 1.54) is 6.92 Å². The average Bonchev–Trinajstić information content (AvgIpc) is 3.61. The predicted octanol–water partition coefficient (Wildman–Crippen LogP) is 5.00. The molecule has 2 fully saturated rings. The number of hydrogen-bond donors (Lipinski definition) is 3. The maximum atomic E-state index is 14.4. The number of aromatic amines is 1. The van der Waals surface area contributed by atoms with Gasteiger partial charge in [0.25, 0.3) is 12.3 Å². The number of allylic oxidation sites excluding steroid dienone is 1. The first-order valence-corrected chi connectivity index (χ1v) is 14.5. The Morgan fingerprint density at radius 1 is 1.24 bits per heavy atom. The molecule has 3 aromatic rings. The smallest absolute Gasteiger partial charge is 0.282 e. The van der Waals surface area contributed by atoms with E-state index in [-0.39, 0.29) is 41.5 Å². The molecule has 2 saturated heterocycles. The maximum absolute atomic E-state index is 14.4. The van der Waals surface area contributed by atoms with Crippen LogP contribution in [0.2, 0.25) is 5.02 Å². The maximum Gasteiger partial charge on any atom is 0.282 e. The molecule has 1 unspecified atom stereocenters. The Morgan fingerprint density at radius 2 is 1.98 bits per heavy atom. The van der Waals surface area contributed by atoms with Crippen LogP contribution in [0.25, 0.3) is 10.9 Å². The third kappa shape index (κ3) is 5.81. The summed E-state index contributed by atoms with van der Waals surface area (Å²) in [7, 11) is 0. The Morgan fingerprint density at radius 3 is 2.60 bits per heavy atom. The van der Waals surface area contributed by atoms with Crippen molar-refractivity contribution in [3.05, 3.63) is 52.2 Å². The van der Waals surface area contributed by atoms with Crippen molar-refractivity contribution in [2.45, 2.75) is 71.5 Å². The van der Waals surface area contributed by atoms with Crippen LogP contribution in [0.3, 0.4) is 0 Å². The zero-order valence-corrected chi connectivity index (χ0v) is 25.2. The van der Waals surface area contributed by atoms with Crippen LogP contribution in [-0.2, 0) is 16.8 Å². The van der Waals surface area contributed by atoms with Crippen LogP contribution < -0.4 is 10.6 Å². The number of rotatable bonds is 8. The molecule has 2 aliphatic rings. The minimum absolute atomic E-state index is 0.0372. The highest BCUT2D eigenvalue weighted by Crippen LogP contribution is 2.36. The number of carbonyl (C=O) groups is 2. The van der Waals surface area contributed by atoms with Gasteiger partial charge in [0.15, 0.2) is 5.82 Å². The molecule has 0 radical (unpaired) electrons. The number of alkyl halides is 2. The lowest BCUT2D eigenvalue weighted by Crippen LogP contribution is -2.57. The summed E-state index contributed by atoms with van der Waals surface area (Å²) in [5.41, 5.74) is 0.743. The van der Waals surface area contributed by atoms with E-state index in [2.05, 4.69) is 46.6 Å². The summed E-state index contributed by atoms with van der Waals surface area (Å²) in [6, 6.07) is 3.24. The number of benzene rings is 1. The molecular weight excluding hydrogens is 566 g/mol. The van der Waals surface area contributed by atoms with Gasteiger partial charge in [-0.15, -0.1) is 0 Å². The molecule has 1 atom stereocenters. The molecule has 42 heavy (non-hydrogen) atoms. The van der Waals surface area contributed by atoms with E-state index < -0.39 is 18.0 Å². The van der Waals surface area contributed by atoms with Gasteiger partial charge in [0.05, 0.1) is 24.1 Å². The normalized spacial score (nSPS) is 18.0. The lowest BCUT2D eigenvalue weighted by atomic mass is 9.86. The molecule has 3 N–H and O–H groups in total. The molecule has 0 bridgehead atoms. The Bertz CT molecular complexity index is 1520. The number of H-pyrrole nitrogens is 1. The third-order valence-electron chi connectivity index (χ3n) is 7.88. The molecular formula is C29H37ClF2N8O2. The van der Waals surface area contributed by atoms with Crippen molar-refractivity contribution >= 4 is 40.1 Å². The van der Waals surface area contributed by atoms with Gasteiger partial charge < -0.3 is 25.0 Å². The van der Waals surface area contributed by atoms with Crippen molar-refractivity contribution < 1.29 is 18.4 Å². The molecule has 1 aromatic carbocycles. The van der Waals surface area contributed by atoms with Gasteiger partial charge >= 0.3 is 0 Å². The van der Waals surface area contributed by atoms with E-state index >= 15 is 0 Å². The topological polar surface area (TPSA) is 111 Å². The fourth-order valence-corrected chi connectivity index (χ4v) is 6.18. The molecule has 10 nitrogen and oxygen atoms in total. The summed E-state index contributed by atoms with van der Waals surface area (Å²) in [4.78, 5) is 33.6. The van der Waals surface area contributed by atoms with Crippen LogP contribution in [-0.4, -0.2) is 73.6 Å². The van der Waals surface area contributed by atoms with E-state index in [0.717, 1.165) is 16.5 Å². The van der Waals surface area contributed by atoms with Crippen LogP contribution in [0.5, 0.6) is 0 Å². The highest BCUT2D eigenvalue weighted by Gasteiger charge is 2.37. The first-order chi connectivity index (χ1) is 19.9. The number of anilines is 1. The Kier molecular flexibility index (Phi) is 8.19. The molecule has 0 spiro atoms. The van der Waals surface area contributed by atoms with Gasteiger partial charge in [-0.1, -0.05) is 38.4 Å². The zero-order chi connectivity index (χ0) is 30.3. The highest BCUT2D eigenvalue weighted by molar-refractivity contribution is 6.32. The van der Waals surface area contributed by atoms with Crippen LogP contribution in [0.15, 0.2) is 24.4 Å². The molecule has 13 heteroatoms. The number of nitrogens with one attached hydrogen (secondary N) is 3. The Hall–Kier alpha value is -3.67. The third-order valence-corrected chi connectivity index (χ3v) is 8.20. The minimum atomic E-state index is -2.96. The van der Waals surface area contributed by atoms with Crippen molar-refractivity contribution in [3.63, 3.8) is 0 Å². The van der Waals surface area contributed by atoms with Gasteiger partial charge in [-0.25, -0.2) is 13.8 Å². The van der Waals surface area contributed by atoms with Crippen molar-refractivity contribution in [3.8, 4) is 0 Å². The molecule has 226 valence electrons. The Labute approximate surface area is 248 Å². The van der Waals surface area contributed by atoms with E-state index in [1.807, 2.05) is 36.2 Å². The van der Waals surface area contributed by atoms with Crippen molar-refractivity contribution in [2.75, 3.05) is 31.5 Å². The average molecular weight is 603 g/mol. The quantitative estimate of drug-likeness (QED) is 0.335. The van der Waals surface area contributed by atoms with E-state index in [9.17, 15) is 18.4 Å². The number of halogens is 3. The number of carbonyl (C=O) groups excluding carboxylic acids is 2. The van der Waals surface area contributed by atoms with Gasteiger partial charge in [-0.05, 0) is 42.7 Å². The molecule has 2 aliphatic heterocycles. The number of imidazole rings is 1. The van der Waals surface area contributed by atoms with Crippen LogP contribution in [0, 0.1) is 0 Å². The molecule has 0 aliphatic carbocycles. The first-order valence-electron chi connectivity index (χ1n) is 14.1. The predicted molar refractivity (Wildman–Crippen MR) is 158 cm³/mol. The van der Waals surface area contributed by atoms with Crippen LogP contribution >= 0.6 is 11.6 Å². The van der Waals surface area contributed by atoms with Crippen molar-refractivity contribution in [1.29, 1.82) is 0 Å². The fourth-order valence-electron chi connectivity index (χ4n) is 5.73. The van der Waals surface area contributed by atoms with Gasteiger partial charge in [0.2, 0.25) is 5.91 Å². The second-order valence-corrected chi connectivity index (χ2v) is 12.4. The summed E-state index contributed by atoms with van der Waals surface area (Å²) in [5, 5.41) is 14.9. The summed E-state index contributed by atoms with van der Waals surface area (Å²) >= 11 is 6.53. The summed E-state index contributed by atoms with van der Waals surface area (Å²) in [5.74, 6) is 0.0927. The lowest BCUT2D eigenvalue weighted by molar-refractivity contribution is -0.127. The second kappa shape index (κ2) is 11.5. The minimum Gasteiger partial charge on any atom is -0.373 e. The number of hydrogen-bond acceptors (Lipinski definition) is 6. The van der Waals surface area contributed by atoms with Crippen molar-refractivity contribution in [1.82, 2.24) is 34.9 Å². The second-order valence-electron chi connectivity index (χ2n) is 12.0. The molecule has 0 saturated carbocycles. The van der Waals surface area contributed by atoms with Gasteiger partial charge in [0.1, 0.15) is 17.2 Å². The number of amides is 2. The number of nitrogens with zero attached hydrogens (tertiary/aromatic N) is 5. The largest absolute Gasteiger partial charge is 0.373 e. The zero-order valence-electron chi connectivity index (χ0n) is 24.5. The van der Waals surface area contributed by atoms with E-state index in [1.54, 1.807) is 9.47 Å². The van der Waals surface area contributed by atoms with E-state index in [4.69, 9.17) is 11.6 Å². The number of likely N-dealkylation sites (tertiary alicyclic amines) is 2. The monoisotopic (exact) mass is 602 g/mol. The molecule has 2 amide bonds. The summed E-state index contributed by atoms with van der Waals surface area (Å²) < 4.78 is 30.4. The standard InChI is InChI=1S/C29H37ClF2N8O2/c1-6-8-38-13-17(14-38)34-28(42)25-24(26(31)32)35-23(40(25)18-7-9-39(15-18)16(2)41)12-33-27-19-10-20(29(3,4)5)21(30)11-22(19)36-37-27/h6,8,10-11,17-18,26H,7,9,12-15H2,1-5H3,(H,34,42)(H2,33,36,37). The molecule has 5 rings (SSSR count). The summed E-state index contributed by atoms with van der Waals surface area (Å²) in [6.07, 6.45) is 1.39. The van der Waals surface area contributed by atoms with Gasteiger partial charge in [-0.3, -0.25) is 14.7 Å². The SMILES string of the molecule is CC=CN1CC(NC(=O)c2c(C(F)F)nc(CNc3n[nH]c4cc(Cl)c(C(C)(C)C)cc34)n2C2CCN(C(C)=O)C2)C1. The highest BCUT2D eigenvalue weighted by atomic mass is 35.5. The van der Waals surface area contributed by atoms with E-state index in [0.29, 0.717) is 43.4 Å². The van der Waals surface area contributed by atoms with Crippen molar-refractivity contribution in [2.24, 2.45) is 0 Å². The molecule has 4 heterocycles. The Balaban J connectivity index is 1.48. The lowest BCUT2D eigenvalue weighted by Gasteiger charge is -2.39. The van der Waals surface area contributed by atoms with Crippen LogP contribution in [0.1, 0.15) is 81.1 Å². The summed E-state index contributed by atoms with van der Waals surface area (Å²) in [6.45, 7) is 11.6. The molecule has 2 aromatic heterocycles. The van der Waals surface area contributed by atoms with Gasteiger partial charge in [0, 0.05) is 43.5 Å². The number of aromatic nitrogens is 4.